The Bertz CT molecular complexity index is 900. The van der Waals surface area contributed by atoms with E-state index in [0.29, 0.717) is 19.0 Å². The predicted molar refractivity (Wildman–Crippen MR) is 102 cm³/mol. The number of oxazole rings is 1. The summed E-state index contributed by atoms with van der Waals surface area (Å²) in [5, 5.41) is 3.00. The van der Waals surface area contributed by atoms with Crippen molar-refractivity contribution in [3.8, 4) is 0 Å². The second kappa shape index (κ2) is 7.20. The van der Waals surface area contributed by atoms with E-state index in [0.717, 1.165) is 47.5 Å². The van der Waals surface area contributed by atoms with Crippen LogP contribution in [-0.4, -0.2) is 22.5 Å². The molecule has 0 bridgehead atoms. The van der Waals surface area contributed by atoms with Crippen LogP contribution in [0.15, 0.2) is 52.9 Å². The van der Waals surface area contributed by atoms with E-state index in [1.54, 1.807) is 0 Å². The third-order valence-corrected chi connectivity index (χ3v) is 4.58. The number of aromatic nitrogens is 1. The summed E-state index contributed by atoms with van der Waals surface area (Å²) in [6.45, 7) is 3.38. The van der Waals surface area contributed by atoms with Crippen molar-refractivity contribution in [1.29, 1.82) is 0 Å². The Hall–Kier alpha value is -2.82. The molecule has 1 aromatic heterocycles. The molecule has 1 saturated carbocycles. The van der Waals surface area contributed by atoms with E-state index < -0.39 is 0 Å². The van der Waals surface area contributed by atoms with Crippen molar-refractivity contribution in [3.63, 3.8) is 0 Å². The predicted octanol–water partition coefficient (Wildman–Crippen LogP) is 5.15. The van der Waals surface area contributed by atoms with Crippen molar-refractivity contribution >= 4 is 22.8 Å². The van der Waals surface area contributed by atoms with E-state index in [9.17, 15) is 4.79 Å². The molecule has 4 rings (SSSR count). The maximum absolute atomic E-state index is 12.7. The number of fused-ring (bicyclic) bond motifs is 1. The van der Waals surface area contributed by atoms with Crippen molar-refractivity contribution in [3.05, 3.63) is 60.0 Å². The molecule has 5 heteroatoms. The van der Waals surface area contributed by atoms with E-state index in [2.05, 4.69) is 17.2 Å². The summed E-state index contributed by atoms with van der Waals surface area (Å²) >= 11 is 0. The van der Waals surface area contributed by atoms with Crippen LogP contribution in [0.3, 0.4) is 0 Å². The van der Waals surface area contributed by atoms with Gasteiger partial charge in [0.15, 0.2) is 11.5 Å². The highest BCUT2D eigenvalue weighted by atomic mass is 16.3. The maximum Gasteiger partial charge on any atom is 0.322 e. The van der Waals surface area contributed by atoms with Gasteiger partial charge in [0, 0.05) is 24.7 Å². The molecule has 1 aliphatic carbocycles. The molecular weight excluding hydrogens is 326 g/mol. The number of anilines is 1. The van der Waals surface area contributed by atoms with Crippen LogP contribution < -0.4 is 5.32 Å². The molecule has 1 heterocycles. The van der Waals surface area contributed by atoms with Crippen LogP contribution >= 0.6 is 0 Å². The number of hydrogen-bond donors (Lipinski definition) is 1. The molecule has 2 aromatic carbocycles. The minimum absolute atomic E-state index is 0.0963. The minimum Gasteiger partial charge on any atom is -0.440 e. The maximum atomic E-state index is 12.7. The zero-order valence-electron chi connectivity index (χ0n) is 14.9. The SMILES string of the molecule is CCCN(Cc1ccccc1)C(=O)Nc1ccc2oc(C3CC3)nc2c1. The lowest BCUT2D eigenvalue weighted by Crippen LogP contribution is -2.35. The van der Waals surface area contributed by atoms with Gasteiger partial charge >= 0.3 is 6.03 Å². The second-order valence-corrected chi connectivity index (χ2v) is 6.85. The fourth-order valence-corrected chi connectivity index (χ4v) is 3.06. The average Bonchev–Trinajstić information content (AvgIpc) is 3.42. The third kappa shape index (κ3) is 3.72. The van der Waals surface area contributed by atoms with E-state index >= 15 is 0 Å². The van der Waals surface area contributed by atoms with Crippen LogP contribution in [0.2, 0.25) is 0 Å². The van der Waals surface area contributed by atoms with Gasteiger partial charge in [-0.1, -0.05) is 37.3 Å². The minimum atomic E-state index is -0.0963. The number of rotatable bonds is 6. The molecule has 134 valence electrons. The van der Waals surface area contributed by atoms with Crippen molar-refractivity contribution in [2.24, 2.45) is 0 Å². The molecule has 0 radical (unpaired) electrons. The van der Waals surface area contributed by atoms with Gasteiger partial charge < -0.3 is 14.6 Å². The van der Waals surface area contributed by atoms with Gasteiger partial charge in [0.25, 0.3) is 0 Å². The molecule has 5 nitrogen and oxygen atoms in total. The molecule has 0 saturated heterocycles. The van der Waals surface area contributed by atoms with Crippen molar-refractivity contribution in [2.75, 3.05) is 11.9 Å². The van der Waals surface area contributed by atoms with Crippen LogP contribution in [-0.2, 0) is 6.54 Å². The van der Waals surface area contributed by atoms with E-state index in [-0.39, 0.29) is 6.03 Å². The molecule has 0 unspecified atom stereocenters. The highest BCUT2D eigenvalue weighted by molar-refractivity contribution is 5.91. The molecule has 0 atom stereocenters. The molecule has 26 heavy (non-hydrogen) atoms. The molecular formula is C21H23N3O2. The fourth-order valence-electron chi connectivity index (χ4n) is 3.06. The summed E-state index contributed by atoms with van der Waals surface area (Å²) in [6, 6.07) is 15.6. The summed E-state index contributed by atoms with van der Waals surface area (Å²) < 4.78 is 5.78. The van der Waals surface area contributed by atoms with Crippen LogP contribution in [0.5, 0.6) is 0 Å². The second-order valence-electron chi connectivity index (χ2n) is 6.85. The van der Waals surface area contributed by atoms with Crippen molar-refractivity contribution < 1.29 is 9.21 Å². The van der Waals surface area contributed by atoms with Gasteiger partial charge in [-0.25, -0.2) is 9.78 Å². The number of amides is 2. The van der Waals surface area contributed by atoms with Gasteiger partial charge in [-0.15, -0.1) is 0 Å². The zero-order chi connectivity index (χ0) is 17.9. The lowest BCUT2D eigenvalue weighted by Gasteiger charge is -2.22. The molecule has 0 aliphatic heterocycles. The van der Waals surface area contributed by atoms with Gasteiger partial charge in [0.05, 0.1) is 0 Å². The van der Waals surface area contributed by atoms with Crippen LogP contribution in [0, 0.1) is 0 Å². The highest BCUT2D eigenvalue weighted by Gasteiger charge is 2.28. The number of urea groups is 1. The van der Waals surface area contributed by atoms with Crippen LogP contribution in [0.25, 0.3) is 11.1 Å². The van der Waals surface area contributed by atoms with Crippen molar-refractivity contribution in [2.45, 2.75) is 38.6 Å². The zero-order valence-corrected chi connectivity index (χ0v) is 14.9. The number of hydrogen-bond acceptors (Lipinski definition) is 3. The lowest BCUT2D eigenvalue weighted by molar-refractivity contribution is 0.209. The first kappa shape index (κ1) is 16.6. The summed E-state index contributed by atoms with van der Waals surface area (Å²) in [5.74, 6) is 1.30. The number of benzene rings is 2. The Morgan fingerprint density at radius 1 is 1.23 bits per heavy atom. The Labute approximate surface area is 153 Å². The average molecular weight is 349 g/mol. The molecule has 1 fully saturated rings. The standard InChI is InChI=1S/C21H23N3O2/c1-2-12-24(14-15-6-4-3-5-7-15)21(25)22-17-10-11-19-18(13-17)23-20(26-19)16-8-9-16/h3-7,10-11,13,16H,2,8-9,12,14H2,1H3,(H,22,25). The van der Waals surface area contributed by atoms with E-state index in [1.807, 2.05) is 53.4 Å². The Morgan fingerprint density at radius 3 is 2.77 bits per heavy atom. The van der Waals surface area contributed by atoms with Gasteiger partial charge in [-0.3, -0.25) is 0 Å². The number of nitrogens with zero attached hydrogens (tertiary/aromatic N) is 2. The van der Waals surface area contributed by atoms with Gasteiger partial charge in [0.2, 0.25) is 0 Å². The Kier molecular flexibility index (Phi) is 4.61. The van der Waals surface area contributed by atoms with Crippen LogP contribution in [0.1, 0.15) is 43.6 Å². The first-order chi connectivity index (χ1) is 12.7. The monoisotopic (exact) mass is 349 g/mol. The summed E-state index contributed by atoms with van der Waals surface area (Å²) in [5.41, 5.74) is 3.44. The van der Waals surface area contributed by atoms with Gasteiger partial charge in [-0.2, -0.15) is 0 Å². The van der Waals surface area contributed by atoms with E-state index in [1.165, 1.54) is 0 Å². The topological polar surface area (TPSA) is 58.4 Å². The third-order valence-electron chi connectivity index (χ3n) is 4.58. The van der Waals surface area contributed by atoms with E-state index in [4.69, 9.17) is 4.42 Å². The summed E-state index contributed by atoms with van der Waals surface area (Å²) in [7, 11) is 0. The first-order valence-electron chi connectivity index (χ1n) is 9.23. The fraction of sp³-hybridized carbons (Fsp3) is 0.333. The first-order valence-corrected chi connectivity index (χ1v) is 9.23. The highest BCUT2D eigenvalue weighted by Crippen LogP contribution is 2.40. The largest absolute Gasteiger partial charge is 0.440 e. The Morgan fingerprint density at radius 2 is 2.04 bits per heavy atom. The molecule has 1 N–H and O–H groups in total. The number of carbonyl (C=O) groups excluding carboxylic acids is 1. The van der Waals surface area contributed by atoms with Crippen molar-refractivity contribution in [1.82, 2.24) is 9.88 Å². The normalized spacial score (nSPS) is 13.7. The van der Waals surface area contributed by atoms with Crippen LogP contribution in [0.4, 0.5) is 10.5 Å². The summed E-state index contributed by atoms with van der Waals surface area (Å²) in [4.78, 5) is 19.1. The smallest absolute Gasteiger partial charge is 0.322 e. The number of nitrogens with one attached hydrogen (secondary N) is 1. The molecule has 0 spiro atoms. The van der Waals surface area contributed by atoms with Gasteiger partial charge in [-0.05, 0) is 43.0 Å². The van der Waals surface area contributed by atoms with Gasteiger partial charge in [0.1, 0.15) is 5.52 Å². The number of carbonyl (C=O) groups is 1. The summed E-state index contributed by atoms with van der Waals surface area (Å²) in [6.07, 6.45) is 3.22. The molecule has 3 aromatic rings. The lowest BCUT2D eigenvalue weighted by atomic mass is 10.2. The quantitative estimate of drug-likeness (QED) is 0.669. The molecule has 2 amide bonds. The Balaban J connectivity index is 1.48. The molecule has 1 aliphatic rings.